The van der Waals surface area contributed by atoms with Crippen molar-refractivity contribution < 1.29 is 0 Å². The Morgan fingerprint density at radius 3 is 2.86 bits per heavy atom. The van der Waals surface area contributed by atoms with Crippen LogP contribution in [0, 0.1) is 11.3 Å². The van der Waals surface area contributed by atoms with Crippen molar-refractivity contribution in [2.24, 2.45) is 11.7 Å². The molecule has 1 unspecified atom stereocenters. The summed E-state index contributed by atoms with van der Waals surface area (Å²) in [7, 11) is 0. The number of anilines is 1. The highest BCUT2D eigenvalue weighted by atomic mass is 15.1. The molecular weight excluding hydrogens is 258 g/mol. The molecular formula is C18H21N3. The summed E-state index contributed by atoms with van der Waals surface area (Å²) in [6.07, 6.45) is 1.15. The highest BCUT2D eigenvalue weighted by Gasteiger charge is 2.21. The van der Waals surface area contributed by atoms with Crippen LogP contribution in [0.1, 0.15) is 23.6 Å². The Morgan fingerprint density at radius 2 is 2.05 bits per heavy atom. The number of nitrogens with one attached hydrogen (secondary N) is 1. The highest BCUT2D eigenvalue weighted by molar-refractivity contribution is 5.95. The molecule has 0 aromatic heterocycles. The quantitative estimate of drug-likeness (QED) is 0.670. The summed E-state index contributed by atoms with van der Waals surface area (Å²) in [4.78, 5) is 2.43. The highest BCUT2D eigenvalue weighted by Crippen LogP contribution is 2.30. The van der Waals surface area contributed by atoms with Crippen molar-refractivity contribution >= 4 is 11.5 Å². The van der Waals surface area contributed by atoms with E-state index in [0.29, 0.717) is 5.92 Å². The van der Waals surface area contributed by atoms with Gasteiger partial charge in [0, 0.05) is 24.3 Å². The Labute approximate surface area is 125 Å². The second kappa shape index (κ2) is 5.60. The molecule has 3 rings (SSSR count). The van der Waals surface area contributed by atoms with Gasteiger partial charge in [-0.25, -0.2) is 0 Å². The van der Waals surface area contributed by atoms with E-state index in [-0.39, 0.29) is 5.84 Å². The fourth-order valence-corrected chi connectivity index (χ4v) is 3.11. The number of hydrogen-bond donors (Lipinski definition) is 2. The third-order valence-corrected chi connectivity index (χ3v) is 4.04. The molecule has 0 bridgehead atoms. The summed E-state index contributed by atoms with van der Waals surface area (Å²) < 4.78 is 0. The molecule has 0 fully saturated rings. The lowest BCUT2D eigenvalue weighted by Gasteiger charge is -2.35. The second-order valence-corrected chi connectivity index (χ2v) is 5.93. The fourth-order valence-electron chi connectivity index (χ4n) is 3.11. The number of rotatable bonds is 3. The summed E-state index contributed by atoms with van der Waals surface area (Å²) >= 11 is 0. The van der Waals surface area contributed by atoms with Gasteiger partial charge in [0.05, 0.1) is 0 Å². The second-order valence-electron chi connectivity index (χ2n) is 5.93. The van der Waals surface area contributed by atoms with Gasteiger partial charge >= 0.3 is 0 Å². The molecule has 3 N–H and O–H groups in total. The molecule has 1 aliphatic heterocycles. The standard InChI is InChI=1S/C18H21N3/c1-13-9-15-6-2-3-8-17(15)21(11-13)12-14-5-4-7-16(10-14)18(19)20/h2-8,10,13H,9,11-12H2,1H3,(H3,19,20). The first kappa shape index (κ1) is 13.7. The SMILES string of the molecule is CC1Cc2ccccc2N(Cc2cccc(C(=N)N)c2)C1. The number of nitrogens with two attached hydrogens (primary N) is 1. The average Bonchev–Trinajstić information content (AvgIpc) is 2.47. The van der Waals surface area contributed by atoms with E-state index < -0.39 is 0 Å². The molecule has 21 heavy (non-hydrogen) atoms. The normalized spacial score (nSPS) is 17.4. The predicted molar refractivity (Wildman–Crippen MR) is 87.8 cm³/mol. The van der Waals surface area contributed by atoms with Crippen molar-refractivity contribution in [3.05, 3.63) is 65.2 Å². The van der Waals surface area contributed by atoms with E-state index in [4.69, 9.17) is 11.1 Å². The average molecular weight is 279 g/mol. The van der Waals surface area contributed by atoms with Crippen LogP contribution in [-0.4, -0.2) is 12.4 Å². The summed E-state index contributed by atoms with van der Waals surface area (Å²) in [5.74, 6) is 0.792. The molecule has 0 amide bonds. The summed E-state index contributed by atoms with van der Waals surface area (Å²) in [5, 5.41) is 7.56. The molecule has 1 atom stereocenters. The zero-order chi connectivity index (χ0) is 14.8. The lowest BCUT2D eigenvalue weighted by Crippen LogP contribution is -2.33. The molecule has 2 aromatic carbocycles. The van der Waals surface area contributed by atoms with Crippen LogP contribution >= 0.6 is 0 Å². The van der Waals surface area contributed by atoms with E-state index in [9.17, 15) is 0 Å². The van der Waals surface area contributed by atoms with E-state index in [0.717, 1.165) is 25.1 Å². The van der Waals surface area contributed by atoms with Gasteiger partial charge in [0.1, 0.15) is 5.84 Å². The lowest BCUT2D eigenvalue weighted by molar-refractivity contribution is 0.530. The molecule has 1 aliphatic rings. The third kappa shape index (κ3) is 2.92. The van der Waals surface area contributed by atoms with Crippen molar-refractivity contribution in [1.29, 1.82) is 5.41 Å². The molecule has 108 valence electrons. The number of hydrogen-bond acceptors (Lipinski definition) is 2. The molecule has 1 heterocycles. The maximum atomic E-state index is 7.56. The number of nitrogens with zero attached hydrogens (tertiary/aromatic N) is 1. The van der Waals surface area contributed by atoms with Crippen LogP contribution < -0.4 is 10.6 Å². The first-order valence-corrected chi connectivity index (χ1v) is 7.39. The van der Waals surface area contributed by atoms with Crippen LogP contribution in [0.5, 0.6) is 0 Å². The minimum atomic E-state index is 0.129. The van der Waals surface area contributed by atoms with E-state index in [1.54, 1.807) is 0 Å². The largest absolute Gasteiger partial charge is 0.384 e. The maximum absolute atomic E-state index is 7.56. The third-order valence-electron chi connectivity index (χ3n) is 4.04. The number of para-hydroxylation sites is 1. The Bertz CT molecular complexity index is 663. The maximum Gasteiger partial charge on any atom is 0.122 e. The molecule has 3 heteroatoms. The molecule has 0 saturated carbocycles. The lowest BCUT2D eigenvalue weighted by atomic mass is 9.93. The van der Waals surface area contributed by atoms with E-state index in [1.807, 2.05) is 18.2 Å². The van der Waals surface area contributed by atoms with Crippen LogP contribution in [0.2, 0.25) is 0 Å². The van der Waals surface area contributed by atoms with Gasteiger partial charge in [-0.3, -0.25) is 5.41 Å². The number of fused-ring (bicyclic) bond motifs is 1. The van der Waals surface area contributed by atoms with E-state index in [2.05, 4.69) is 42.2 Å². The van der Waals surface area contributed by atoms with E-state index in [1.165, 1.54) is 16.8 Å². The van der Waals surface area contributed by atoms with Gasteiger partial charge < -0.3 is 10.6 Å². The molecule has 0 spiro atoms. The smallest absolute Gasteiger partial charge is 0.122 e. The Kier molecular flexibility index (Phi) is 3.65. The Morgan fingerprint density at radius 1 is 1.24 bits per heavy atom. The van der Waals surface area contributed by atoms with Crippen molar-refractivity contribution in [3.63, 3.8) is 0 Å². The summed E-state index contributed by atoms with van der Waals surface area (Å²) in [6.45, 7) is 4.23. The Hall–Kier alpha value is -2.29. The summed E-state index contributed by atoms with van der Waals surface area (Å²) in [5.41, 5.74) is 10.3. The van der Waals surface area contributed by atoms with E-state index >= 15 is 0 Å². The molecule has 2 aromatic rings. The van der Waals surface area contributed by atoms with Crippen LogP contribution in [0.15, 0.2) is 48.5 Å². The monoisotopic (exact) mass is 279 g/mol. The minimum absolute atomic E-state index is 0.129. The number of amidine groups is 1. The number of nitrogen functional groups attached to an aromatic ring is 1. The molecule has 3 nitrogen and oxygen atoms in total. The van der Waals surface area contributed by atoms with Gasteiger partial charge in [0.15, 0.2) is 0 Å². The first-order valence-electron chi connectivity index (χ1n) is 7.39. The van der Waals surface area contributed by atoms with Crippen LogP contribution in [0.3, 0.4) is 0 Å². The van der Waals surface area contributed by atoms with Gasteiger partial charge in [-0.05, 0) is 35.6 Å². The van der Waals surface area contributed by atoms with Crippen molar-refractivity contribution in [1.82, 2.24) is 0 Å². The van der Waals surface area contributed by atoms with Gasteiger partial charge in [0.25, 0.3) is 0 Å². The predicted octanol–water partition coefficient (Wildman–Crippen LogP) is 3.17. The Balaban J connectivity index is 1.88. The molecule has 0 aliphatic carbocycles. The van der Waals surface area contributed by atoms with Gasteiger partial charge in [-0.2, -0.15) is 0 Å². The van der Waals surface area contributed by atoms with Crippen LogP contribution in [-0.2, 0) is 13.0 Å². The van der Waals surface area contributed by atoms with Crippen LogP contribution in [0.25, 0.3) is 0 Å². The van der Waals surface area contributed by atoms with Gasteiger partial charge in [0.2, 0.25) is 0 Å². The zero-order valence-corrected chi connectivity index (χ0v) is 12.3. The summed E-state index contributed by atoms with van der Waals surface area (Å²) in [6, 6.07) is 16.6. The minimum Gasteiger partial charge on any atom is -0.384 e. The topological polar surface area (TPSA) is 53.1 Å². The number of benzene rings is 2. The zero-order valence-electron chi connectivity index (χ0n) is 12.3. The van der Waals surface area contributed by atoms with Crippen LogP contribution in [0.4, 0.5) is 5.69 Å². The van der Waals surface area contributed by atoms with Crippen molar-refractivity contribution in [3.8, 4) is 0 Å². The van der Waals surface area contributed by atoms with Gasteiger partial charge in [-0.1, -0.05) is 43.3 Å². The first-order chi connectivity index (χ1) is 10.1. The van der Waals surface area contributed by atoms with Gasteiger partial charge in [-0.15, -0.1) is 0 Å². The van der Waals surface area contributed by atoms with Crippen molar-refractivity contribution in [2.75, 3.05) is 11.4 Å². The fraction of sp³-hybridized carbons (Fsp3) is 0.278. The molecule has 0 radical (unpaired) electrons. The molecule has 0 saturated heterocycles. The van der Waals surface area contributed by atoms with Crippen molar-refractivity contribution in [2.45, 2.75) is 19.9 Å².